The number of benzene rings is 1. The van der Waals surface area contributed by atoms with Crippen LogP contribution in [0.1, 0.15) is 37.2 Å². The minimum Gasteiger partial charge on any atom is -0.493 e. The lowest BCUT2D eigenvalue weighted by atomic mass is 9.99. The van der Waals surface area contributed by atoms with Gasteiger partial charge in [0, 0.05) is 6.54 Å². The highest BCUT2D eigenvalue weighted by molar-refractivity contribution is 5.78. The predicted molar refractivity (Wildman–Crippen MR) is 80.4 cm³/mol. The second kappa shape index (κ2) is 8.00. The molecule has 1 atom stereocenters. The molecule has 1 fully saturated rings. The molecule has 0 bridgehead atoms. The van der Waals surface area contributed by atoms with Gasteiger partial charge < -0.3 is 19.4 Å². The van der Waals surface area contributed by atoms with Gasteiger partial charge >= 0.3 is 5.97 Å². The number of methoxy groups -OCH3 is 2. The van der Waals surface area contributed by atoms with Crippen LogP contribution in [0.5, 0.6) is 11.5 Å². The van der Waals surface area contributed by atoms with Crippen LogP contribution < -0.4 is 15.0 Å². The average molecular weight is 309 g/mol. The Morgan fingerprint density at radius 1 is 1.32 bits per heavy atom. The van der Waals surface area contributed by atoms with Crippen LogP contribution in [-0.4, -0.2) is 38.0 Å². The van der Waals surface area contributed by atoms with Gasteiger partial charge in [0.05, 0.1) is 26.2 Å². The van der Waals surface area contributed by atoms with Gasteiger partial charge in [-0.3, -0.25) is 4.79 Å². The van der Waals surface area contributed by atoms with Crippen molar-refractivity contribution >= 4 is 5.97 Å². The summed E-state index contributed by atoms with van der Waals surface area (Å²) in [6, 6.07) is 5.34. The number of esters is 1. The Kier molecular flexibility index (Phi) is 6.03. The number of hydrogen-bond donors (Lipinski definition) is 2. The maximum atomic E-state index is 11.9. The zero-order valence-electron chi connectivity index (χ0n) is 13.0. The molecule has 0 amide bonds. The van der Waals surface area contributed by atoms with Crippen LogP contribution in [-0.2, 0) is 9.53 Å². The van der Waals surface area contributed by atoms with E-state index in [1.165, 1.54) is 20.0 Å². The number of hydrogen-bond acceptors (Lipinski definition) is 6. The maximum Gasteiger partial charge on any atom is 0.314 e. The van der Waals surface area contributed by atoms with Crippen LogP contribution in [0.2, 0.25) is 0 Å². The molecule has 1 aliphatic carbocycles. The summed E-state index contributed by atoms with van der Waals surface area (Å²) in [6.07, 6.45) is 4.60. The monoisotopic (exact) mass is 309 g/mol. The van der Waals surface area contributed by atoms with Crippen molar-refractivity contribution in [2.75, 3.05) is 20.8 Å². The maximum absolute atomic E-state index is 11.9. The van der Waals surface area contributed by atoms with E-state index in [0.717, 1.165) is 12.8 Å². The minimum absolute atomic E-state index is 0.0713. The van der Waals surface area contributed by atoms with Crippen molar-refractivity contribution in [1.29, 1.82) is 0 Å². The Morgan fingerprint density at radius 2 is 2.05 bits per heavy atom. The van der Waals surface area contributed by atoms with Gasteiger partial charge in [-0.15, -0.1) is 0 Å². The van der Waals surface area contributed by atoms with Crippen molar-refractivity contribution in [2.24, 2.45) is 0 Å². The van der Waals surface area contributed by atoms with E-state index in [2.05, 4.69) is 0 Å². The zero-order chi connectivity index (χ0) is 15.9. The van der Waals surface area contributed by atoms with Crippen LogP contribution in [0, 0.1) is 0 Å². The molecular formula is C16H23NO5. The minimum atomic E-state index is -0.605. The van der Waals surface area contributed by atoms with Crippen LogP contribution in [0.15, 0.2) is 18.2 Å². The molecular weight excluding hydrogens is 286 g/mol. The van der Waals surface area contributed by atoms with Gasteiger partial charge in [-0.05, 0) is 43.4 Å². The summed E-state index contributed by atoms with van der Waals surface area (Å²) in [5.74, 6) is 0.236. The van der Waals surface area contributed by atoms with Crippen molar-refractivity contribution in [3.05, 3.63) is 23.8 Å². The van der Waals surface area contributed by atoms with Crippen LogP contribution in [0.25, 0.3) is 0 Å². The third-order valence-electron chi connectivity index (χ3n) is 3.97. The van der Waals surface area contributed by atoms with Gasteiger partial charge in [-0.25, -0.2) is 5.48 Å². The largest absolute Gasteiger partial charge is 0.493 e. The van der Waals surface area contributed by atoms with E-state index >= 15 is 0 Å². The summed E-state index contributed by atoms with van der Waals surface area (Å²) in [7, 11) is 2.91. The first-order valence-electron chi connectivity index (χ1n) is 7.49. The SMILES string of the molecule is COC(=O)C(CNO)c1ccc(OC)c(OC2CCCC2)c1. The number of ether oxygens (including phenoxy) is 3. The summed E-state index contributed by atoms with van der Waals surface area (Å²) >= 11 is 0. The lowest BCUT2D eigenvalue weighted by Crippen LogP contribution is -2.25. The normalized spacial score (nSPS) is 16.3. The van der Waals surface area contributed by atoms with Crippen molar-refractivity contribution in [3.63, 3.8) is 0 Å². The van der Waals surface area contributed by atoms with E-state index in [-0.39, 0.29) is 12.6 Å². The van der Waals surface area contributed by atoms with E-state index in [9.17, 15) is 4.79 Å². The fourth-order valence-electron chi connectivity index (χ4n) is 2.76. The third kappa shape index (κ3) is 3.90. The first kappa shape index (κ1) is 16.6. The van der Waals surface area contributed by atoms with Gasteiger partial charge in [0.2, 0.25) is 0 Å². The molecule has 0 aromatic heterocycles. The molecule has 0 radical (unpaired) electrons. The Morgan fingerprint density at radius 3 is 2.64 bits per heavy atom. The summed E-state index contributed by atoms with van der Waals surface area (Å²) in [5.41, 5.74) is 2.74. The van der Waals surface area contributed by atoms with E-state index in [4.69, 9.17) is 19.4 Å². The highest BCUT2D eigenvalue weighted by Gasteiger charge is 2.24. The van der Waals surface area contributed by atoms with Crippen LogP contribution >= 0.6 is 0 Å². The molecule has 22 heavy (non-hydrogen) atoms. The van der Waals surface area contributed by atoms with Crippen molar-refractivity contribution < 1.29 is 24.2 Å². The fraction of sp³-hybridized carbons (Fsp3) is 0.562. The summed E-state index contributed by atoms with van der Waals surface area (Å²) in [6.45, 7) is 0.0713. The van der Waals surface area contributed by atoms with E-state index in [1.807, 2.05) is 5.48 Å². The van der Waals surface area contributed by atoms with Gasteiger partial charge in [-0.1, -0.05) is 6.07 Å². The molecule has 1 aliphatic rings. The topological polar surface area (TPSA) is 77.0 Å². The Hall–Kier alpha value is -1.79. The van der Waals surface area contributed by atoms with Crippen molar-refractivity contribution in [2.45, 2.75) is 37.7 Å². The molecule has 2 N–H and O–H groups in total. The second-order valence-corrected chi connectivity index (χ2v) is 5.37. The fourth-order valence-corrected chi connectivity index (χ4v) is 2.76. The van der Waals surface area contributed by atoms with E-state index in [1.54, 1.807) is 25.3 Å². The molecule has 0 spiro atoms. The van der Waals surface area contributed by atoms with Crippen LogP contribution in [0.4, 0.5) is 0 Å². The van der Waals surface area contributed by atoms with Crippen molar-refractivity contribution in [3.8, 4) is 11.5 Å². The number of rotatable bonds is 7. The van der Waals surface area contributed by atoms with Gasteiger partial charge in [0.25, 0.3) is 0 Å². The quantitative estimate of drug-likeness (QED) is 0.594. The first-order valence-corrected chi connectivity index (χ1v) is 7.49. The Balaban J connectivity index is 2.25. The highest BCUT2D eigenvalue weighted by atomic mass is 16.5. The molecule has 122 valence electrons. The predicted octanol–water partition coefficient (Wildman–Crippen LogP) is 2.25. The lowest BCUT2D eigenvalue weighted by molar-refractivity contribution is -0.142. The molecule has 1 aromatic carbocycles. The molecule has 6 heteroatoms. The van der Waals surface area contributed by atoms with E-state index < -0.39 is 11.9 Å². The summed E-state index contributed by atoms with van der Waals surface area (Å²) in [5, 5.41) is 8.93. The zero-order valence-corrected chi connectivity index (χ0v) is 13.0. The molecule has 6 nitrogen and oxygen atoms in total. The average Bonchev–Trinajstić information content (AvgIpc) is 3.05. The first-order chi connectivity index (χ1) is 10.7. The van der Waals surface area contributed by atoms with Gasteiger partial charge in [0.15, 0.2) is 11.5 Å². The summed E-state index contributed by atoms with van der Waals surface area (Å²) < 4.78 is 16.1. The molecule has 1 saturated carbocycles. The number of carbonyl (C=O) groups is 1. The van der Waals surface area contributed by atoms with Crippen LogP contribution in [0.3, 0.4) is 0 Å². The van der Waals surface area contributed by atoms with Crippen molar-refractivity contribution in [1.82, 2.24) is 5.48 Å². The molecule has 1 unspecified atom stereocenters. The Bertz CT molecular complexity index is 499. The molecule has 1 aromatic rings. The second-order valence-electron chi connectivity index (χ2n) is 5.37. The number of nitrogens with one attached hydrogen (secondary N) is 1. The van der Waals surface area contributed by atoms with E-state index in [0.29, 0.717) is 17.1 Å². The third-order valence-corrected chi connectivity index (χ3v) is 3.97. The number of carbonyl (C=O) groups excluding carboxylic acids is 1. The molecule has 0 aliphatic heterocycles. The Labute approximate surface area is 130 Å². The number of hydroxylamine groups is 1. The molecule has 2 rings (SSSR count). The van der Waals surface area contributed by atoms with Gasteiger partial charge in [-0.2, -0.15) is 0 Å². The highest BCUT2D eigenvalue weighted by Crippen LogP contribution is 2.34. The standard InChI is InChI=1S/C16H23NO5/c1-20-14-8-7-11(13(10-17-19)16(18)21-2)9-15(14)22-12-5-3-4-6-12/h7-9,12-13,17,19H,3-6,10H2,1-2H3. The molecule has 0 heterocycles. The lowest BCUT2D eigenvalue weighted by Gasteiger charge is -2.19. The molecule has 0 saturated heterocycles. The van der Waals surface area contributed by atoms with Gasteiger partial charge in [0.1, 0.15) is 0 Å². The smallest absolute Gasteiger partial charge is 0.314 e. The summed E-state index contributed by atoms with van der Waals surface area (Å²) in [4.78, 5) is 11.9.